The highest BCUT2D eigenvalue weighted by Gasteiger charge is 2.44. The van der Waals surface area contributed by atoms with Crippen molar-refractivity contribution in [2.24, 2.45) is 11.3 Å². The van der Waals surface area contributed by atoms with Gasteiger partial charge in [0.15, 0.2) is 0 Å². The molecule has 3 fully saturated rings. The summed E-state index contributed by atoms with van der Waals surface area (Å²) in [4.78, 5) is 5.21. The number of piperidine rings is 2. The first-order chi connectivity index (χ1) is 8.26. The molecule has 1 spiro atoms. The molecule has 0 aromatic rings. The van der Waals surface area contributed by atoms with E-state index in [1.807, 2.05) is 0 Å². The first kappa shape index (κ1) is 11.9. The van der Waals surface area contributed by atoms with Crippen LogP contribution in [0.25, 0.3) is 0 Å². The molecule has 0 radical (unpaired) electrons. The first-order valence-electron chi connectivity index (χ1n) is 7.37. The maximum absolute atomic E-state index is 3.46. The normalized spacial score (nSPS) is 31.6. The Morgan fingerprint density at radius 2 is 1.76 bits per heavy atom. The topological polar surface area (TPSA) is 18.5 Å². The lowest BCUT2D eigenvalue weighted by Crippen LogP contribution is -2.60. The lowest BCUT2D eigenvalue weighted by atomic mass is 9.71. The van der Waals surface area contributed by atoms with Crippen molar-refractivity contribution in [3.05, 3.63) is 0 Å². The van der Waals surface area contributed by atoms with Gasteiger partial charge in [-0.05, 0) is 70.2 Å². The maximum Gasteiger partial charge on any atom is 0.00516 e. The molecular formula is C14H27N3. The van der Waals surface area contributed by atoms with Crippen LogP contribution in [0.3, 0.4) is 0 Å². The predicted octanol–water partition coefficient (Wildman–Crippen LogP) is 1.01. The third-order valence-electron chi connectivity index (χ3n) is 5.14. The quantitative estimate of drug-likeness (QED) is 0.773. The van der Waals surface area contributed by atoms with Crippen LogP contribution in [0.4, 0.5) is 0 Å². The van der Waals surface area contributed by atoms with Gasteiger partial charge < -0.3 is 15.1 Å². The Hall–Kier alpha value is -0.120. The molecule has 1 N–H and O–H groups in total. The molecule has 98 valence electrons. The molecule has 3 aliphatic heterocycles. The molecule has 0 saturated carbocycles. The van der Waals surface area contributed by atoms with Crippen LogP contribution in [0.1, 0.15) is 25.7 Å². The highest BCUT2D eigenvalue weighted by Crippen LogP contribution is 2.40. The van der Waals surface area contributed by atoms with Crippen molar-refractivity contribution in [2.75, 3.05) is 52.9 Å². The van der Waals surface area contributed by atoms with Crippen LogP contribution in [0, 0.1) is 11.3 Å². The Morgan fingerprint density at radius 1 is 1.12 bits per heavy atom. The fourth-order valence-corrected chi connectivity index (χ4v) is 3.87. The minimum absolute atomic E-state index is 0.722. The van der Waals surface area contributed by atoms with E-state index < -0.39 is 0 Å². The molecule has 0 aromatic heterocycles. The summed E-state index contributed by atoms with van der Waals surface area (Å²) in [5.41, 5.74) is 0.722. The molecule has 0 aromatic carbocycles. The molecule has 3 nitrogen and oxygen atoms in total. The summed E-state index contributed by atoms with van der Waals surface area (Å²) >= 11 is 0. The lowest BCUT2D eigenvalue weighted by Gasteiger charge is -2.54. The highest BCUT2D eigenvalue weighted by molar-refractivity contribution is 4.98. The molecule has 0 unspecified atom stereocenters. The van der Waals surface area contributed by atoms with E-state index >= 15 is 0 Å². The van der Waals surface area contributed by atoms with Crippen molar-refractivity contribution in [3.8, 4) is 0 Å². The molecule has 3 aliphatic rings. The lowest BCUT2D eigenvalue weighted by molar-refractivity contribution is -0.0511. The van der Waals surface area contributed by atoms with Gasteiger partial charge >= 0.3 is 0 Å². The smallest absolute Gasteiger partial charge is 0.00516 e. The van der Waals surface area contributed by atoms with Gasteiger partial charge in [-0.3, -0.25) is 0 Å². The van der Waals surface area contributed by atoms with Crippen molar-refractivity contribution >= 4 is 0 Å². The van der Waals surface area contributed by atoms with Crippen LogP contribution in [-0.2, 0) is 0 Å². The standard InChI is InChI=1S/C14H27N3/c1-16-8-4-14(5-9-16)11-17(12-14)10-13-2-6-15-7-3-13/h13,15H,2-12H2,1H3. The van der Waals surface area contributed by atoms with Gasteiger partial charge in [0, 0.05) is 19.6 Å². The van der Waals surface area contributed by atoms with Crippen LogP contribution in [-0.4, -0.2) is 62.7 Å². The van der Waals surface area contributed by atoms with E-state index in [9.17, 15) is 0 Å². The number of nitrogens with one attached hydrogen (secondary N) is 1. The number of hydrogen-bond acceptors (Lipinski definition) is 3. The van der Waals surface area contributed by atoms with Crippen molar-refractivity contribution in [2.45, 2.75) is 25.7 Å². The zero-order valence-corrected chi connectivity index (χ0v) is 11.2. The minimum atomic E-state index is 0.722. The number of rotatable bonds is 2. The SMILES string of the molecule is CN1CCC2(CC1)CN(CC1CCNCC1)C2. The van der Waals surface area contributed by atoms with Gasteiger partial charge in [0.1, 0.15) is 0 Å². The van der Waals surface area contributed by atoms with Crippen LogP contribution in [0.15, 0.2) is 0 Å². The largest absolute Gasteiger partial charge is 0.317 e. The average molecular weight is 237 g/mol. The highest BCUT2D eigenvalue weighted by atomic mass is 15.2. The molecule has 3 saturated heterocycles. The van der Waals surface area contributed by atoms with Gasteiger partial charge in [-0.1, -0.05) is 0 Å². The second-order valence-corrected chi connectivity index (χ2v) is 6.67. The van der Waals surface area contributed by atoms with E-state index in [-0.39, 0.29) is 0 Å². The third kappa shape index (κ3) is 2.67. The summed E-state index contributed by atoms with van der Waals surface area (Å²) in [6, 6.07) is 0. The molecular weight excluding hydrogens is 210 g/mol. The summed E-state index contributed by atoms with van der Waals surface area (Å²) in [5, 5.41) is 3.46. The summed E-state index contributed by atoms with van der Waals surface area (Å²) < 4.78 is 0. The van der Waals surface area contributed by atoms with E-state index in [0.717, 1.165) is 11.3 Å². The monoisotopic (exact) mass is 237 g/mol. The minimum Gasteiger partial charge on any atom is -0.317 e. The second-order valence-electron chi connectivity index (χ2n) is 6.67. The zero-order valence-electron chi connectivity index (χ0n) is 11.2. The molecule has 3 heteroatoms. The van der Waals surface area contributed by atoms with Gasteiger partial charge in [0.25, 0.3) is 0 Å². The van der Waals surface area contributed by atoms with Crippen LogP contribution in [0.2, 0.25) is 0 Å². The summed E-state index contributed by atoms with van der Waals surface area (Å²) in [5.74, 6) is 0.972. The number of likely N-dealkylation sites (tertiary alicyclic amines) is 2. The van der Waals surface area contributed by atoms with Gasteiger partial charge in [-0.25, -0.2) is 0 Å². The molecule has 3 rings (SSSR count). The molecule has 0 atom stereocenters. The third-order valence-corrected chi connectivity index (χ3v) is 5.14. The van der Waals surface area contributed by atoms with Crippen LogP contribution in [0.5, 0.6) is 0 Å². The Balaban J connectivity index is 1.41. The fraction of sp³-hybridized carbons (Fsp3) is 1.00. The Bertz CT molecular complexity index is 244. The van der Waals surface area contributed by atoms with Gasteiger partial charge in [-0.15, -0.1) is 0 Å². The molecule has 0 amide bonds. The predicted molar refractivity (Wildman–Crippen MR) is 71.2 cm³/mol. The van der Waals surface area contributed by atoms with Gasteiger partial charge in [-0.2, -0.15) is 0 Å². The van der Waals surface area contributed by atoms with E-state index in [4.69, 9.17) is 0 Å². The molecule has 17 heavy (non-hydrogen) atoms. The van der Waals surface area contributed by atoms with Crippen molar-refractivity contribution in [1.29, 1.82) is 0 Å². The second kappa shape index (κ2) is 4.87. The summed E-state index contributed by atoms with van der Waals surface area (Å²) in [6.07, 6.45) is 5.66. The Labute approximate surface area is 106 Å². The van der Waals surface area contributed by atoms with Crippen LogP contribution < -0.4 is 5.32 Å². The molecule has 0 aliphatic carbocycles. The van der Waals surface area contributed by atoms with Crippen molar-refractivity contribution in [1.82, 2.24) is 15.1 Å². The van der Waals surface area contributed by atoms with Gasteiger partial charge in [0.2, 0.25) is 0 Å². The summed E-state index contributed by atoms with van der Waals surface area (Å²) in [7, 11) is 2.26. The van der Waals surface area contributed by atoms with Crippen molar-refractivity contribution in [3.63, 3.8) is 0 Å². The van der Waals surface area contributed by atoms with E-state index in [1.54, 1.807) is 0 Å². The van der Waals surface area contributed by atoms with Crippen LogP contribution >= 0.6 is 0 Å². The summed E-state index contributed by atoms with van der Waals surface area (Å²) in [6.45, 7) is 9.29. The average Bonchev–Trinajstić information content (AvgIpc) is 2.31. The zero-order chi connectivity index (χ0) is 11.7. The van der Waals surface area contributed by atoms with Gasteiger partial charge in [0.05, 0.1) is 0 Å². The van der Waals surface area contributed by atoms with Crippen molar-refractivity contribution < 1.29 is 0 Å². The van der Waals surface area contributed by atoms with E-state index in [1.165, 1.54) is 71.5 Å². The maximum atomic E-state index is 3.46. The fourth-order valence-electron chi connectivity index (χ4n) is 3.87. The first-order valence-corrected chi connectivity index (χ1v) is 7.37. The van der Waals surface area contributed by atoms with E-state index in [0.29, 0.717) is 0 Å². The molecule has 3 heterocycles. The number of nitrogens with zero attached hydrogens (tertiary/aromatic N) is 2. The van der Waals surface area contributed by atoms with E-state index in [2.05, 4.69) is 22.2 Å². The Kier molecular flexibility index (Phi) is 3.42. The molecule has 0 bridgehead atoms. The Morgan fingerprint density at radius 3 is 2.41 bits per heavy atom. The number of hydrogen-bond donors (Lipinski definition) is 1.